The first-order valence-electron chi connectivity index (χ1n) is 7.94. The van der Waals surface area contributed by atoms with E-state index in [1.807, 2.05) is 31.2 Å². The van der Waals surface area contributed by atoms with E-state index in [1.54, 1.807) is 31.4 Å². The molecule has 0 fully saturated rings. The normalized spacial score (nSPS) is 10.1. The topological polar surface area (TPSA) is 67.4 Å². The predicted molar refractivity (Wildman–Crippen MR) is 94.4 cm³/mol. The number of carbonyl (C=O) groups excluding carboxylic acids is 2. The second kappa shape index (κ2) is 8.72. The molecule has 126 valence electrons. The summed E-state index contributed by atoms with van der Waals surface area (Å²) in [4.78, 5) is 24.1. The van der Waals surface area contributed by atoms with Crippen LogP contribution in [-0.2, 0) is 11.2 Å². The molecule has 0 bridgehead atoms. The van der Waals surface area contributed by atoms with Crippen LogP contribution in [0, 0.1) is 0 Å². The minimum absolute atomic E-state index is 0.123. The van der Waals surface area contributed by atoms with Crippen molar-refractivity contribution in [2.24, 2.45) is 0 Å². The molecular formula is C19H22N2O3. The fraction of sp³-hybridized carbons (Fsp3) is 0.263. The first kappa shape index (κ1) is 17.5. The molecule has 0 saturated carbocycles. The molecule has 0 aliphatic heterocycles. The van der Waals surface area contributed by atoms with Gasteiger partial charge in [0, 0.05) is 24.2 Å². The van der Waals surface area contributed by atoms with Crippen LogP contribution in [-0.4, -0.2) is 25.5 Å². The van der Waals surface area contributed by atoms with E-state index in [2.05, 4.69) is 10.6 Å². The third-order valence-corrected chi connectivity index (χ3v) is 3.64. The Morgan fingerprint density at radius 3 is 2.62 bits per heavy atom. The van der Waals surface area contributed by atoms with E-state index in [-0.39, 0.29) is 24.8 Å². The fourth-order valence-electron chi connectivity index (χ4n) is 2.32. The molecule has 0 aliphatic carbocycles. The second-order valence-electron chi connectivity index (χ2n) is 5.30. The summed E-state index contributed by atoms with van der Waals surface area (Å²) in [5.41, 5.74) is 2.42. The van der Waals surface area contributed by atoms with E-state index in [0.29, 0.717) is 11.3 Å². The number of benzene rings is 2. The molecule has 0 spiro atoms. The lowest BCUT2D eigenvalue weighted by Gasteiger charge is -2.10. The molecule has 0 atom stereocenters. The standard InChI is InChI=1S/C19H22N2O3/c1-3-14-7-4-5-10-17(14)21-18(22)11-12-20-19(23)15-8-6-9-16(13-15)24-2/h4-10,13H,3,11-12H2,1-2H3,(H,20,23)(H,21,22). The van der Waals surface area contributed by atoms with Gasteiger partial charge in [0.1, 0.15) is 5.75 Å². The average Bonchev–Trinajstić information content (AvgIpc) is 2.62. The minimum Gasteiger partial charge on any atom is -0.497 e. The van der Waals surface area contributed by atoms with Crippen molar-refractivity contribution in [2.45, 2.75) is 19.8 Å². The van der Waals surface area contributed by atoms with Crippen LogP contribution in [0.2, 0.25) is 0 Å². The molecule has 2 N–H and O–H groups in total. The van der Waals surface area contributed by atoms with Gasteiger partial charge in [0.2, 0.25) is 5.91 Å². The average molecular weight is 326 g/mol. The first-order valence-corrected chi connectivity index (χ1v) is 7.94. The van der Waals surface area contributed by atoms with E-state index < -0.39 is 0 Å². The summed E-state index contributed by atoms with van der Waals surface area (Å²) in [5.74, 6) is 0.272. The number of anilines is 1. The number of rotatable bonds is 7. The SMILES string of the molecule is CCc1ccccc1NC(=O)CCNC(=O)c1cccc(OC)c1. The number of nitrogens with one attached hydrogen (secondary N) is 2. The first-order chi connectivity index (χ1) is 11.6. The van der Waals surface area contributed by atoms with E-state index >= 15 is 0 Å². The third kappa shape index (κ3) is 4.84. The molecule has 0 heterocycles. The van der Waals surface area contributed by atoms with Gasteiger partial charge in [-0.1, -0.05) is 31.2 Å². The molecular weight excluding hydrogens is 304 g/mol. The van der Waals surface area contributed by atoms with E-state index in [4.69, 9.17) is 4.74 Å². The van der Waals surface area contributed by atoms with Crippen molar-refractivity contribution in [3.8, 4) is 5.75 Å². The highest BCUT2D eigenvalue weighted by atomic mass is 16.5. The Morgan fingerprint density at radius 2 is 1.88 bits per heavy atom. The quantitative estimate of drug-likeness (QED) is 0.822. The van der Waals surface area contributed by atoms with Crippen molar-refractivity contribution in [3.05, 3.63) is 59.7 Å². The van der Waals surface area contributed by atoms with Crippen molar-refractivity contribution < 1.29 is 14.3 Å². The predicted octanol–water partition coefficient (Wildman–Crippen LogP) is 3.02. The Hall–Kier alpha value is -2.82. The Balaban J connectivity index is 1.82. The summed E-state index contributed by atoms with van der Waals surface area (Å²) >= 11 is 0. The highest BCUT2D eigenvalue weighted by Crippen LogP contribution is 2.15. The maximum Gasteiger partial charge on any atom is 0.251 e. The summed E-state index contributed by atoms with van der Waals surface area (Å²) in [6.07, 6.45) is 1.07. The zero-order valence-corrected chi connectivity index (χ0v) is 14.0. The van der Waals surface area contributed by atoms with Crippen LogP contribution in [0.3, 0.4) is 0 Å². The van der Waals surface area contributed by atoms with Gasteiger partial charge in [-0.25, -0.2) is 0 Å². The Morgan fingerprint density at radius 1 is 1.08 bits per heavy atom. The number of amides is 2. The fourth-order valence-corrected chi connectivity index (χ4v) is 2.32. The molecule has 0 saturated heterocycles. The van der Waals surface area contributed by atoms with Crippen LogP contribution in [0.15, 0.2) is 48.5 Å². The summed E-state index contributed by atoms with van der Waals surface area (Å²) < 4.78 is 5.09. The minimum atomic E-state index is -0.226. The highest BCUT2D eigenvalue weighted by molar-refractivity contribution is 5.95. The number of methoxy groups -OCH3 is 1. The molecule has 24 heavy (non-hydrogen) atoms. The van der Waals surface area contributed by atoms with Crippen LogP contribution >= 0.6 is 0 Å². The monoisotopic (exact) mass is 326 g/mol. The molecule has 2 amide bonds. The molecule has 0 aliphatic rings. The van der Waals surface area contributed by atoms with Gasteiger partial charge in [-0.15, -0.1) is 0 Å². The van der Waals surface area contributed by atoms with E-state index in [1.165, 1.54) is 0 Å². The van der Waals surface area contributed by atoms with Gasteiger partial charge in [-0.2, -0.15) is 0 Å². The van der Waals surface area contributed by atoms with Crippen LogP contribution in [0.25, 0.3) is 0 Å². The summed E-state index contributed by atoms with van der Waals surface area (Å²) in [7, 11) is 1.55. The highest BCUT2D eigenvalue weighted by Gasteiger charge is 2.09. The van der Waals surface area contributed by atoms with Gasteiger partial charge in [0.25, 0.3) is 5.91 Å². The molecule has 2 rings (SSSR count). The molecule has 0 aromatic heterocycles. The van der Waals surface area contributed by atoms with Crippen molar-refractivity contribution >= 4 is 17.5 Å². The zero-order valence-electron chi connectivity index (χ0n) is 14.0. The Labute approximate surface area is 142 Å². The van der Waals surface area contributed by atoms with Gasteiger partial charge in [0.15, 0.2) is 0 Å². The van der Waals surface area contributed by atoms with Gasteiger partial charge < -0.3 is 15.4 Å². The summed E-state index contributed by atoms with van der Waals surface area (Å²) in [5, 5.41) is 5.62. The maximum atomic E-state index is 12.1. The van der Waals surface area contributed by atoms with Crippen LogP contribution in [0.5, 0.6) is 5.75 Å². The van der Waals surface area contributed by atoms with E-state index in [9.17, 15) is 9.59 Å². The zero-order chi connectivity index (χ0) is 17.4. The number of carbonyl (C=O) groups is 2. The lowest BCUT2D eigenvalue weighted by molar-refractivity contribution is -0.116. The molecule has 5 heteroatoms. The van der Waals surface area contributed by atoms with E-state index in [0.717, 1.165) is 17.7 Å². The molecule has 0 unspecified atom stereocenters. The number of hydrogen-bond donors (Lipinski definition) is 2. The lowest BCUT2D eigenvalue weighted by Crippen LogP contribution is -2.27. The number of para-hydroxylation sites is 1. The van der Waals surface area contributed by atoms with Crippen LogP contribution in [0.1, 0.15) is 29.3 Å². The molecule has 2 aromatic rings. The second-order valence-corrected chi connectivity index (χ2v) is 5.30. The smallest absolute Gasteiger partial charge is 0.251 e. The van der Waals surface area contributed by atoms with Crippen molar-refractivity contribution in [1.29, 1.82) is 0 Å². The third-order valence-electron chi connectivity index (χ3n) is 3.64. The van der Waals surface area contributed by atoms with Gasteiger partial charge in [-0.3, -0.25) is 9.59 Å². The van der Waals surface area contributed by atoms with Gasteiger partial charge in [0.05, 0.1) is 7.11 Å². The Kier molecular flexibility index (Phi) is 6.37. The largest absolute Gasteiger partial charge is 0.497 e. The number of hydrogen-bond acceptors (Lipinski definition) is 3. The van der Waals surface area contributed by atoms with Gasteiger partial charge in [-0.05, 0) is 36.2 Å². The number of ether oxygens (including phenoxy) is 1. The van der Waals surface area contributed by atoms with Crippen molar-refractivity contribution in [3.63, 3.8) is 0 Å². The lowest BCUT2D eigenvalue weighted by atomic mass is 10.1. The van der Waals surface area contributed by atoms with Crippen molar-refractivity contribution in [2.75, 3.05) is 19.0 Å². The maximum absolute atomic E-state index is 12.1. The molecule has 5 nitrogen and oxygen atoms in total. The van der Waals surface area contributed by atoms with Crippen molar-refractivity contribution in [1.82, 2.24) is 5.32 Å². The summed E-state index contributed by atoms with van der Waals surface area (Å²) in [6, 6.07) is 14.6. The van der Waals surface area contributed by atoms with Crippen LogP contribution < -0.4 is 15.4 Å². The molecule has 2 aromatic carbocycles. The number of aryl methyl sites for hydroxylation is 1. The molecule has 0 radical (unpaired) electrons. The summed E-state index contributed by atoms with van der Waals surface area (Å²) in [6.45, 7) is 2.31. The Bertz CT molecular complexity index is 713. The van der Waals surface area contributed by atoms with Crippen LogP contribution in [0.4, 0.5) is 5.69 Å². The van der Waals surface area contributed by atoms with Gasteiger partial charge >= 0.3 is 0 Å².